The van der Waals surface area contributed by atoms with Gasteiger partial charge in [0.05, 0.1) is 5.10 Å². The number of benzene rings is 1. The molecule has 0 N–H and O–H groups in total. The monoisotopic (exact) mass is 208 g/mol. The minimum atomic E-state index is -0.646. The van der Waals surface area contributed by atoms with E-state index in [0.717, 1.165) is 11.0 Å². The normalized spacial score (nSPS) is 10.2. The second-order valence-corrected chi connectivity index (χ2v) is 2.73. The molecular weight excluding hydrogens is 203 g/mol. The van der Waals surface area contributed by atoms with E-state index in [1.165, 1.54) is 24.3 Å². The predicted molar refractivity (Wildman–Crippen MR) is 48.0 cm³/mol. The van der Waals surface area contributed by atoms with Crippen LogP contribution in [0.2, 0.25) is 0 Å². The summed E-state index contributed by atoms with van der Waals surface area (Å²) >= 11 is 0. The Hall–Kier alpha value is -2.31. The molecule has 1 aromatic carbocycles. The van der Waals surface area contributed by atoms with Gasteiger partial charge in [0.25, 0.3) is 0 Å². The van der Waals surface area contributed by atoms with E-state index in [1.807, 2.05) is 0 Å². The third-order valence-corrected chi connectivity index (χ3v) is 1.72. The van der Waals surface area contributed by atoms with Gasteiger partial charge in [0.2, 0.25) is 0 Å². The van der Waals surface area contributed by atoms with Crippen molar-refractivity contribution in [2.45, 2.75) is 0 Å². The molecule has 0 saturated heterocycles. The predicted octanol–water partition coefficient (Wildman–Crippen LogP) is 1.31. The van der Waals surface area contributed by atoms with Crippen molar-refractivity contribution in [1.82, 2.24) is 15.0 Å². The van der Waals surface area contributed by atoms with Gasteiger partial charge >= 0.3 is 5.82 Å². The standard InChI is InChI=1S/C8H5FN4O2/c9-6-1-3-7(4-2-6)12-10-5-8(11-12)13(14)15/h1-5H. The van der Waals surface area contributed by atoms with Gasteiger partial charge in [0.15, 0.2) is 6.20 Å². The van der Waals surface area contributed by atoms with Crippen LogP contribution >= 0.6 is 0 Å². The second kappa shape index (κ2) is 3.45. The number of nitro groups is 1. The molecule has 0 spiro atoms. The van der Waals surface area contributed by atoms with Gasteiger partial charge in [-0.2, -0.15) is 0 Å². The Morgan fingerprint density at radius 1 is 1.33 bits per heavy atom. The lowest BCUT2D eigenvalue weighted by molar-refractivity contribution is -0.389. The lowest BCUT2D eigenvalue weighted by Crippen LogP contribution is -1.99. The first-order valence-corrected chi connectivity index (χ1v) is 3.99. The first-order valence-electron chi connectivity index (χ1n) is 3.99. The largest absolute Gasteiger partial charge is 0.410 e. The zero-order chi connectivity index (χ0) is 10.8. The summed E-state index contributed by atoms with van der Waals surface area (Å²) in [5, 5.41) is 17.6. The van der Waals surface area contributed by atoms with Crippen molar-refractivity contribution >= 4 is 5.82 Å². The SMILES string of the molecule is O=[N+]([O-])c1cnn(-c2ccc(F)cc2)n1. The van der Waals surface area contributed by atoms with Crippen molar-refractivity contribution in [1.29, 1.82) is 0 Å². The Morgan fingerprint density at radius 3 is 2.53 bits per heavy atom. The topological polar surface area (TPSA) is 73.8 Å². The molecule has 0 radical (unpaired) electrons. The molecule has 76 valence electrons. The average Bonchev–Trinajstić information content (AvgIpc) is 2.68. The quantitative estimate of drug-likeness (QED) is 0.551. The van der Waals surface area contributed by atoms with Crippen LogP contribution in [0, 0.1) is 15.9 Å². The zero-order valence-electron chi connectivity index (χ0n) is 7.37. The summed E-state index contributed by atoms with van der Waals surface area (Å²) in [6, 6.07) is 5.31. The fourth-order valence-electron chi connectivity index (χ4n) is 1.04. The first-order chi connectivity index (χ1) is 7.16. The van der Waals surface area contributed by atoms with Gasteiger partial charge in [0.1, 0.15) is 11.5 Å². The van der Waals surface area contributed by atoms with Gasteiger partial charge in [-0.05, 0) is 29.2 Å². The highest BCUT2D eigenvalue weighted by Gasteiger charge is 2.13. The number of rotatable bonds is 2. The lowest BCUT2D eigenvalue weighted by Gasteiger charge is -1.93. The van der Waals surface area contributed by atoms with Gasteiger partial charge in [-0.1, -0.05) is 4.80 Å². The van der Waals surface area contributed by atoms with Crippen LogP contribution in [-0.2, 0) is 0 Å². The molecule has 6 nitrogen and oxygen atoms in total. The van der Waals surface area contributed by atoms with Crippen molar-refractivity contribution in [3.8, 4) is 5.69 Å². The van der Waals surface area contributed by atoms with Crippen LogP contribution in [0.5, 0.6) is 0 Å². The van der Waals surface area contributed by atoms with Crippen LogP contribution in [0.4, 0.5) is 10.2 Å². The fraction of sp³-hybridized carbons (Fsp3) is 0. The summed E-state index contributed by atoms with van der Waals surface area (Å²) in [5.74, 6) is -0.736. The van der Waals surface area contributed by atoms with Crippen LogP contribution in [0.15, 0.2) is 30.5 Å². The third kappa shape index (κ3) is 1.80. The van der Waals surface area contributed by atoms with E-state index in [1.54, 1.807) is 0 Å². The molecule has 0 aliphatic heterocycles. The van der Waals surface area contributed by atoms with Crippen molar-refractivity contribution in [3.05, 3.63) is 46.4 Å². The highest BCUT2D eigenvalue weighted by molar-refractivity contribution is 5.30. The maximum absolute atomic E-state index is 12.6. The Kier molecular flexibility index (Phi) is 2.13. The van der Waals surface area contributed by atoms with Gasteiger partial charge in [-0.3, -0.25) is 0 Å². The van der Waals surface area contributed by atoms with Crippen LogP contribution in [-0.4, -0.2) is 19.9 Å². The summed E-state index contributed by atoms with van der Waals surface area (Å²) < 4.78 is 12.6. The zero-order valence-corrected chi connectivity index (χ0v) is 7.37. The first kappa shape index (κ1) is 9.25. The molecule has 15 heavy (non-hydrogen) atoms. The summed E-state index contributed by atoms with van der Waals surface area (Å²) in [4.78, 5) is 10.8. The summed E-state index contributed by atoms with van der Waals surface area (Å²) in [6.45, 7) is 0. The van der Waals surface area contributed by atoms with Gasteiger partial charge < -0.3 is 10.1 Å². The number of nitrogens with zero attached hydrogens (tertiary/aromatic N) is 4. The van der Waals surface area contributed by atoms with E-state index in [2.05, 4.69) is 10.2 Å². The second-order valence-electron chi connectivity index (χ2n) is 2.73. The molecule has 2 aromatic rings. The van der Waals surface area contributed by atoms with E-state index >= 15 is 0 Å². The lowest BCUT2D eigenvalue weighted by atomic mass is 10.3. The third-order valence-electron chi connectivity index (χ3n) is 1.72. The molecule has 0 unspecified atom stereocenters. The molecule has 0 amide bonds. The molecule has 0 fully saturated rings. The molecule has 0 aliphatic rings. The Bertz CT molecular complexity index is 494. The van der Waals surface area contributed by atoms with Crippen LogP contribution in [0.3, 0.4) is 0 Å². The Labute approximate surface area is 83.1 Å². The highest BCUT2D eigenvalue weighted by atomic mass is 19.1. The van der Waals surface area contributed by atoms with E-state index in [0.29, 0.717) is 5.69 Å². The number of aromatic nitrogens is 3. The highest BCUT2D eigenvalue weighted by Crippen LogP contribution is 2.09. The molecule has 0 atom stereocenters. The van der Waals surface area contributed by atoms with E-state index in [4.69, 9.17) is 0 Å². The van der Waals surface area contributed by atoms with Crippen molar-refractivity contribution < 1.29 is 9.31 Å². The van der Waals surface area contributed by atoms with Crippen LogP contribution in [0.1, 0.15) is 0 Å². The maximum Gasteiger partial charge on any atom is 0.410 e. The van der Waals surface area contributed by atoms with E-state index < -0.39 is 4.92 Å². The van der Waals surface area contributed by atoms with Gasteiger partial charge in [-0.25, -0.2) is 4.39 Å². The molecular formula is C8H5FN4O2. The van der Waals surface area contributed by atoms with Crippen LogP contribution in [0.25, 0.3) is 5.69 Å². The summed E-state index contributed by atoms with van der Waals surface area (Å²) in [6.07, 6.45) is 1.03. The molecule has 0 bridgehead atoms. The van der Waals surface area contributed by atoms with Crippen molar-refractivity contribution in [2.24, 2.45) is 0 Å². The smallest absolute Gasteiger partial charge is 0.358 e. The van der Waals surface area contributed by atoms with Gasteiger partial charge in [-0.15, -0.1) is 5.10 Å². The molecule has 0 aliphatic carbocycles. The van der Waals surface area contributed by atoms with E-state index in [9.17, 15) is 14.5 Å². The molecule has 7 heteroatoms. The molecule has 2 rings (SSSR count). The van der Waals surface area contributed by atoms with Crippen molar-refractivity contribution in [2.75, 3.05) is 0 Å². The van der Waals surface area contributed by atoms with Gasteiger partial charge in [0, 0.05) is 0 Å². The van der Waals surface area contributed by atoms with Crippen LogP contribution < -0.4 is 0 Å². The fourth-order valence-corrected chi connectivity index (χ4v) is 1.04. The maximum atomic E-state index is 12.6. The average molecular weight is 208 g/mol. The molecule has 1 heterocycles. The molecule has 1 aromatic heterocycles. The minimum Gasteiger partial charge on any atom is -0.358 e. The Morgan fingerprint density at radius 2 is 2.00 bits per heavy atom. The number of halogens is 1. The Balaban J connectivity index is 2.37. The molecule has 0 saturated carbocycles. The van der Waals surface area contributed by atoms with E-state index in [-0.39, 0.29) is 11.6 Å². The summed E-state index contributed by atoms with van der Waals surface area (Å²) in [7, 11) is 0. The van der Waals surface area contributed by atoms with Crippen molar-refractivity contribution in [3.63, 3.8) is 0 Å². The minimum absolute atomic E-state index is 0.348. The summed E-state index contributed by atoms with van der Waals surface area (Å²) in [5.41, 5.74) is 0.463. The number of hydrogen-bond acceptors (Lipinski definition) is 4. The number of hydrogen-bond donors (Lipinski definition) is 0.